The first-order valence-electron chi connectivity index (χ1n) is 13.3. The summed E-state index contributed by atoms with van der Waals surface area (Å²) in [7, 11) is 1.54. The highest BCUT2D eigenvalue weighted by Crippen LogP contribution is 2.32. The van der Waals surface area contributed by atoms with Crippen LogP contribution in [-0.4, -0.2) is 41.4 Å². The maximum Gasteiger partial charge on any atom is 0.248 e. The summed E-state index contributed by atoms with van der Waals surface area (Å²) in [5.74, 6) is -0.116. The fraction of sp³-hybridized carbons (Fsp3) is 0.367. The Bertz CT molecular complexity index is 1360. The van der Waals surface area contributed by atoms with E-state index < -0.39 is 23.4 Å². The van der Waals surface area contributed by atoms with Crippen LogP contribution in [0.25, 0.3) is 0 Å². The molecule has 3 N–H and O–H groups in total. The van der Waals surface area contributed by atoms with Crippen LogP contribution in [0.4, 0.5) is 17.2 Å². The summed E-state index contributed by atoms with van der Waals surface area (Å²) in [6.45, 7) is 8.86. The third kappa shape index (κ3) is 8.66. The Balaban J connectivity index is 2.00. The molecule has 1 aromatic heterocycles. The minimum Gasteiger partial charge on any atom is -0.497 e. The molecule has 0 aliphatic rings. The fourth-order valence-corrected chi connectivity index (χ4v) is 4.01. The van der Waals surface area contributed by atoms with Gasteiger partial charge in [0, 0.05) is 42.7 Å². The van der Waals surface area contributed by atoms with E-state index in [9.17, 15) is 19.2 Å². The average Bonchev–Trinajstić information content (AvgIpc) is 3.34. The van der Waals surface area contributed by atoms with Crippen LogP contribution in [0.15, 0.2) is 59.1 Å². The number of anilines is 3. The van der Waals surface area contributed by atoms with Gasteiger partial charge in [0.2, 0.25) is 23.6 Å². The Morgan fingerprint density at radius 1 is 1.00 bits per heavy atom. The summed E-state index contributed by atoms with van der Waals surface area (Å²) in [5.41, 5.74) is 0.967. The molecule has 0 saturated heterocycles. The number of carbonyl (C=O) groups is 4. The van der Waals surface area contributed by atoms with Crippen LogP contribution in [0.5, 0.6) is 5.75 Å². The van der Waals surface area contributed by atoms with Crippen LogP contribution >= 0.6 is 0 Å². The van der Waals surface area contributed by atoms with Gasteiger partial charge in [-0.2, -0.15) is 0 Å². The quantitative estimate of drug-likeness (QED) is 0.289. The molecule has 0 spiro atoms. The first kappa shape index (κ1) is 30.9. The number of amides is 4. The van der Waals surface area contributed by atoms with Crippen molar-refractivity contribution >= 4 is 40.8 Å². The largest absolute Gasteiger partial charge is 0.497 e. The number of rotatable bonds is 12. The molecule has 4 amide bonds. The van der Waals surface area contributed by atoms with Crippen molar-refractivity contribution in [2.45, 2.75) is 65.5 Å². The van der Waals surface area contributed by atoms with Crippen molar-refractivity contribution in [2.24, 2.45) is 0 Å². The summed E-state index contributed by atoms with van der Waals surface area (Å²) in [5, 5.41) is 12.1. The highest BCUT2D eigenvalue weighted by molar-refractivity contribution is 6.03. The molecule has 0 radical (unpaired) electrons. The number of carbonyl (C=O) groups excluding carboxylic acids is 4. The van der Waals surface area contributed by atoms with Crippen LogP contribution in [-0.2, 0) is 19.2 Å². The minimum atomic E-state index is -1.06. The summed E-state index contributed by atoms with van der Waals surface area (Å²) < 4.78 is 10.3. The van der Waals surface area contributed by atoms with E-state index in [0.29, 0.717) is 34.9 Å². The van der Waals surface area contributed by atoms with Gasteiger partial charge in [0.25, 0.3) is 0 Å². The second kappa shape index (κ2) is 13.6. The summed E-state index contributed by atoms with van der Waals surface area (Å²) in [6, 6.07) is 14.0. The number of methoxy groups -OCH3 is 1. The second-order valence-electron chi connectivity index (χ2n) is 10.3. The van der Waals surface area contributed by atoms with Crippen molar-refractivity contribution in [1.29, 1.82) is 0 Å². The molecule has 11 nitrogen and oxygen atoms in total. The summed E-state index contributed by atoms with van der Waals surface area (Å²) in [4.78, 5) is 53.3. The average molecular weight is 564 g/mol. The van der Waals surface area contributed by atoms with Gasteiger partial charge in [-0.25, -0.2) is 0 Å². The molecule has 0 bridgehead atoms. The number of hydrogen-bond donors (Lipinski definition) is 3. The number of nitrogens with one attached hydrogen (secondary N) is 3. The Hall–Kier alpha value is -4.67. The Labute approximate surface area is 239 Å². The van der Waals surface area contributed by atoms with Gasteiger partial charge in [0.05, 0.1) is 7.11 Å². The highest BCUT2D eigenvalue weighted by Gasteiger charge is 2.35. The molecule has 218 valence electrons. The van der Waals surface area contributed by atoms with Crippen molar-refractivity contribution in [3.05, 3.63) is 65.9 Å². The third-order valence-electron chi connectivity index (χ3n) is 6.48. The third-order valence-corrected chi connectivity index (χ3v) is 6.48. The number of ether oxygens (including phenoxy) is 1. The van der Waals surface area contributed by atoms with E-state index in [0.717, 1.165) is 0 Å². The summed E-state index contributed by atoms with van der Waals surface area (Å²) in [6.07, 6.45) is 0.324. The van der Waals surface area contributed by atoms with Crippen LogP contribution in [0.1, 0.15) is 64.3 Å². The molecule has 3 rings (SSSR count). The first-order chi connectivity index (χ1) is 19.4. The van der Waals surface area contributed by atoms with Crippen molar-refractivity contribution in [1.82, 2.24) is 10.5 Å². The van der Waals surface area contributed by atoms with Crippen molar-refractivity contribution in [3.63, 3.8) is 0 Å². The molecule has 1 atom stereocenters. The van der Waals surface area contributed by atoms with Crippen LogP contribution in [0.3, 0.4) is 0 Å². The van der Waals surface area contributed by atoms with Crippen molar-refractivity contribution < 1.29 is 28.4 Å². The molecule has 0 saturated carbocycles. The molecule has 2 aromatic carbocycles. The first-order valence-corrected chi connectivity index (χ1v) is 13.3. The SMILES string of the molecule is CCC(C)(C)NC(=O)[C@@H](c1ccc(OC)cc1)N(C(=O)CCC(=O)Nc1cc(C)on1)c1ccc(NC(C)=O)cc1. The van der Waals surface area contributed by atoms with Gasteiger partial charge >= 0.3 is 0 Å². The van der Waals surface area contributed by atoms with E-state index >= 15 is 0 Å². The molecule has 0 fully saturated rings. The lowest BCUT2D eigenvalue weighted by atomic mass is 9.97. The van der Waals surface area contributed by atoms with E-state index in [1.807, 2.05) is 20.8 Å². The van der Waals surface area contributed by atoms with Crippen molar-refractivity contribution in [3.8, 4) is 5.75 Å². The van der Waals surface area contributed by atoms with E-state index in [1.54, 1.807) is 68.6 Å². The molecule has 11 heteroatoms. The van der Waals surface area contributed by atoms with Crippen LogP contribution < -0.4 is 25.6 Å². The highest BCUT2D eigenvalue weighted by atomic mass is 16.5. The van der Waals surface area contributed by atoms with Gasteiger partial charge in [-0.3, -0.25) is 24.1 Å². The number of hydrogen-bond acceptors (Lipinski definition) is 7. The predicted molar refractivity (Wildman–Crippen MR) is 156 cm³/mol. The minimum absolute atomic E-state index is 0.150. The number of nitrogens with zero attached hydrogens (tertiary/aromatic N) is 2. The Morgan fingerprint density at radius 3 is 2.20 bits per heavy atom. The van der Waals surface area contributed by atoms with E-state index in [-0.39, 0.29) is 30.5 Å². The predicted octanol–water partition coefficient (Wildman–Crippen LogP) is 4.75. The van der Waals surface area contributed by atoms with Gasteiger partial charge < -0.3 is 25.2 Å². The topological polar surface area (TPSA) is 143 Å². The lowest BCUT2D eigenvalue weighted by molar-refractivity contribution is -0.128. The number of aromatic nitrogens is 1. The summed E-state index contributed by atoms with van der Waals surface area (Å²) >= 11 is 0. The van der Waals surface area contributed by atoms with Gasteiger partial charge in [0.15, 0.2) is 5.82 Å². The molecule has 0 aliphatic heterocycles. The van der Waals surface area contributed by atoms with E-state index in [4.69, 9.17) is 9.26 Å². The molecular formula is C30H37N5O6. The number of aryl methyl sites for hydroxylation is 1. The van der Waals surface area contributed by atoms with Crippen LogP contribution in [0.2, 0.25) is 0 Å². The Kier molecular flexibility index (Phi) is 10.2. The zero-order valence-electron chi connectivity index (χ0n) is 24.2. The van der Waals surface area contributed by atoms with E-state index in [2.05, 4.69) is 21.1 Å². The maximum absolute atomic E-state index is 13.9. The van der Waals surface area contributed by atoms with E-state index in [1.165, 1.54) is 11.8 Å². The molecule has 41 heavy (non-hydrogen) atoms. The molecular weight excluding hydrogens is 526 g/mol. The Morgan fingerprint density at radius 2 is 1.66 bits per heavy atom. The fourth-order valence-electron chi connectivity index (χ4n) is 4.01. The van der Waals surface area contributed by atoms with Gasteiger partial charge in [-0.1, -0.05) is 24.2 Å². The lowest BCUT2D eigenvalue weighted by Gasteiger charge is -2.35. The zero-order chi connectivity index (χ0) is 30.2. The molecule has 1 heterocycles. The van der Waals surface area contributed by atoms with Gasteiger partial charge in [-0.15, -0.1) is 0 Å². The van der Waals surface area contributed by atoms with Gasteiger partial charge in [-0.05, 0) is 69.2 Å². The second-order valence-corrected chi connectivity index (χ2v) is 10.3. The molecule has 0 unspecified atom stereocenters. The van der Waals surface area contributed by atoms with Crippen LogP contribution in [0, 0.1) is 6.92 Å². The number of benzene rings is 2. The van der Waals surface area contributed by atoms with Gasteiger partial charge in [0.1, 0.15) is 17.6 Å². The lowest BCUT2D eigenvalue weighted by Crippen LogP contribution is -2.50. The normalized spacial score (nSPS) is 11.8. The zero-order valence-corrected chi connectivity index (χ0v) is 24.2. The standard InChI is InChI=1S/C30H37N5O6/c1-7-30(4,5)33-29(39)28(21-8-14-24(40-6)15-9-21)35(23-12-10-22(11-13-23)31-20(3)36)27(38)17-16-26(37)32-25-18-19(2)41-34-25/h8-15,18,28H,7,16-17H2,1-6H3,(H,31,36)(H,33,39)(H,32,34,37)/t28-/m1/s1. The van der Waals surface area contributed by atoms with Crippen molar-refractivity contribution in [2.75, 3.05) is 22.6 Å². The molecule has 0 aliphatic carbocycles. The maximum atomic E-state index is 13.9. The smallest absolute Gasteiger partial charge is 0.248 e. The molecule has 3 aromatic rings. The monoisotopic (exact) mass is 563 g/mol.